The fourth-order valence-electron chi connectivity index (χ4n) is 3.02. The predicted octanol–water partition coefficient (Wildman–Crippen LogP) is 3.34. The number of amides is 1. The van der Waals surface area contributed by atoms with Crippen LogP contribution in [0.3, 0.4) is 0 Å². The average Bonchev–Trinajstić information content (AvgIpc) is 2.75. The van der Waals surface area contributed by atoms with Crippen molar-refractivity contribution in [3.63, 3.8) is 0 Å². The first kappa shape index (κ1) is 21.5. The third kappa shape index (κ3) is 5.45. The van der Waals surface area contributed by atoms with E-state index >= 15 is 0 Å². The lowest BCUT2D eigenvalue weighted by molar-refractivity contribution is -0.140. The van der Waals surface area contributed by atoms with Gasteiger partial charge in [0.05, 0.1) is 5.69 Å². The molecule has 3 aromatic rings. The summed E-state index contributed by atoms with van der Waals surface area (Å²) in [5, 5.41) is 32.2. The van der Waals surface area contributed by atoms with Crippen molar-refractivity contribution < 1.29 is 29.7 Å². The van der Waals surface area contributed by atoms with Gasteiger partial charge in [0.15, 0.2) is 0 Å². The Morgan fingerprint density at radius 1 is 0.968 bits per heavy atom. The number of aliphatic carboxylic acids is 2. The van der Waals surface area contributed by atoms with Gasteiger partial charge in [-0.05, 0) is 47.5 Å². The van der Waals surface area contributed by atoms with Crippen LogP contribution in [0.1, 0.15) is 28.8 Å². The van der Waals surface area contributed by atoms with Gasteiger partial charge < -0.3 is 20.6 Å². The van der Waals surface area contributed by atoms with Gasteiger partial charge in [-0.1, -0.05) is 30.3 Å². The second-order valence-electron chi connectivity index (χ2n) is 6.82. The maximum Gasteiger partial charge on any atom is 0.326 e. The van der Waals surface area contributed by atoms with E-state index in [2.05, 4.69) is 10.3 Å². The van der Waals surface area contributed by atoms with E-state index in [1.54, 1.807) is 24.4 Å². The Bertz CT molecular complexity index is 1150. The SMILES string of the molecule is O=C(O)CC[C@H](NC(=O)c1ccc(N=Cc2c(O)ccc3ccccc23)cc1)C(=O)O. The largest absolute Gasteiger partial charge is 0.507 e. The number of carbonyl (C=O) groups is 3. The molecule has 0 radical (unpaired) electrons. The molecule has 0 spiro atoms. The maximum atomic E-state index is 12.3. The zero-order valence-electron chi connectivity index (χ0n) is 16.4. The number of carbonyl (C=O) groups excluding carboxylic acids is 1. The smallest absolute Gasteiger partial charge is 0.326 e. The van der Waals surface area contributed by atoms with Crippen LogP contribution in [-0.2, 0) is 9.59 Å². The van der Waals surface area contributed by atoms with Crippen molar-refractivity contribution in [2.45, 2.75) is 18.9 Å². The molecule has 8 heteroatoms. The van der Waals surface area contributed by atoms with Crippen LogP contribution in [0.2, 0.25) is 0 Å². The van der Waals surface area contributed by atoms with Gasteiger partial charge in [-0.2, -0.15) is 0 Å². The normalized spacial score (nSPS) is 12.0. The molecule has 8 nitrogen and oxygen atoms in total. The fourth-order valence-corrected chi connectivity index (χ4v) is 3.02. The van der Waals surface area contributed by atoms with Crippen molar-refractivity contribution in [1.82, 2.24) is 5.32 Å². The zero-order chi connectivity index (χ0) is 22.4. The van der Waals surface area contributed by atoms with Crippen LogP contribution in [0, 0.1) is 0 Å². The van der Waals surface area contributed by atoms with Crippen molar-refractivity contribution in [2.24, 2.45) is 4.99 Å². The highest BCUT2D eigenvalue weighted by atomic mass is 16.4. The summed E-state index contributed by atoms with van der Waals surface area (Å²) in [4.78, 5) is 38.5. The number of benzene rings is 3. The van der Waals surface area contributed by atoms with E-state index in [-0.39, 0.29) is 24.2 Å². The molecule has 0 aliphatic rings. The molecule has 0 aliphatic heterocycles. The number of phenols is 1. The molecule has 0 fully saturated rings. The first-order chi connectivity index (χ1) is 14.8. The summed E-state index contributed by atoms with van der Waals surface area (Å²) in [6, 6.07) is 15.8. The Kier molecular flexibility index (Phi) is 6.61. The molecule has 0 heterocycles. The van der Waals surface area contributed by atoms with E-state index < -0.39 is 23.9 Å². The van der Waals surface area contributed by atoms with Gasteiger partial charge in [0.1, 0.15) is 11.8 Å². The quantitative estimate of drug-likeness (QED) is 0.413. The highest BCUT2D eigenvalue weighted by Gasteiger charge is 2.21. The number of aromatic hydroxyl groups is 1. The number of fused-ring (bicyclic) bond motifs is 1. The summed E-state index contributed by atoms with van der Waals surface area (Å²) < 4.78 is 0. The van der Waals surface area contributed by atoms with E-state index in [1.807, 2.05) is 30.3 Å². The van der Waals surface area contributed by atoms with Gasteiger partial charge in [-0.3, -0.25) is 14.6 Å². The van der Waals surface area contributed by atoms with Crippen LogP contribution in [-0.4, -0.2) is 45.4 Å². The number of nitrogens with zero attached hydrogens (tertiary/aromatic N) is 1. The molecule has 0 aromatic heterocycles. The third-order valence-electron chi connectivity index (χ3n) is 4.67. The Morgan fingerprint density at radius 2 is 1.68 bits per heavy atom. The number of phenolic OH excluding ortho intramolecular Hbond substituents is 1. The summed E-state index contributed by atoms with van der Waals surface area (Å²) in [6.45, 7) is 0. The van der Waals surface area contributed by atoms with E-state index in [1.165, 1.54) is 12.1 Å². The molecule has 1 atom stereocenters. The minimum absolute atomic E-state index is 0.0968. The topological polar surface area (TPSA) is 136 Å². The molecule has 158 valence electrons. The number of rotatable bonds is 8. The average molecular weight is 420 g/mol. The molecule has 0 unspecified atom stereocenters. The summed E-state index contributed by atoms with van der Waals surface area (Å²) in [5.74, 6) is -2.97. The number of nitrogens with one attached hydrogen (secondary N) is 1. The van der Waals surface area contributed by atoms with Crippen molar-refractivity contribution >= 4 is 40.5 Å². The van der Waals surface area contributed by atoms with Gasteiger partial charge in [-0.25, -0.2) is 4.79 Å². The Labute approximate surface area is 177 Å². The van der Waals surface area contributed by atoms with Crippen molar-refractivity contribution in [3.05, 3.63) is 71.8 Å². The van der Waals surface area contributed by atoms with E-state index in [0.29, 0.717) is 11.3 Å². The van der Waals surface area contributed by atoms with Gasteiger partial charge in [0.25, 0.3) is 5.91 Å². The zero-order valence-corrected chi connectivity index (χ0v) is 16.4. The highest BCUT2D eigenvalue weighted by Crippen LogP contribution is 2.26. The molecular weight excluding hydrogens is 400 g/mol. The lowest BCUT2D eigenvalue weighted by Crippen LogP contribution is -2.41. The fraction of sp³-hybridized carbons (Fsp3) is 0.130. The standard InChI is InChI=1S/C23H20N2O6/c26-20-11-7-14-3-1-2-4-17(14)18(20)13-24-16-8-5-15(6-9-16)22(29)25-19(23(30)31)10-12-21(27)28/h1-9,11,13,19,26H,10,12H2,(H,25,29)(H,27,28)(H,30,31)/t19-/m0/s1. The van der Waals surface area contributed by atoms with Crippen LogP contribution < -0.4 is 5.32 Å². The molecule has 0 saturated heterocycles. The highest BCUT2D eigenvalue weighted by molar-refractivity contribution is 6.03. The minimum atomic E-state index is -1.30. The van der Waals surface area contributed by atoms with Crippen LogP contribution >= 0.6 is 0 Å². The van der Waals surface area contributed by atoms with Crippen molar-refractivity contribution in [2.75, 3.05) is 0 Å². The first-order valence-electron chi connectivity index (χ1n) is 9.45. The summed E-state index contributed by atoms with van der Waals surface area (Å²) >= 11 is 0. The maximum absolute atomic E-state index is 12.3. The van der Waals surface area contributed by atoms with E-state index in [0.717, 1.165) is 10.8 Å². The number of hydrogen-bond acceptors (Lipinski definition) is 5. The third-order valence-corrected chi connectivity index (χ3v) is 4.67. The van der Waals surface area contributed by atoms with E-state index in [4.69, 9.17) is 10.2 Å². The van der Waals surface area contributed by atoms with Crippen molar-refractivity contribution in [1.29, 1.82) is 0 Å². The van der Waals surface area contributed by atoms with Crippen LogP contribution in [0.25, 0.3) is 10.8 Å². The second-order valence-corrected chi connectivity index (χ2v) is 6.82. The summed E-state index contributed by atoms with van der Waals surface area (Å²) in [6.07, 6.45) is 0.957. The van der Waals surface area contributed by atoms with Gasteiger partial charge in [-0.15, -0.1) is 0 Å². The summed E-state index contributed by atoms with van der Waals surface area (Å²) in [5.41, 5.74) is 1.32. The molecule has 0 saturated carbocycles. The van der Waals surface area contributed by atoms with Crippen LogP contribution in [0.5, 0.6) is 5.75 Å². The minimum Gasteiger partial charge on any atom is -0.507 e. The summed E-state index contributed by atoms with van der Waals surface area (Å²) in [7, 11) is 0. The molecule has 3 aromatic carbocycles. The molecule has 4 N–H and O–H groups in total. The predicted molar refractivity (Wildman–Crippen MR) is 115 cm³/mol. The molecule has 31 heavy (non-hydrogen) atoms. The molecule has 0 aliphatic carbocycles. The Morgan fingerprint density at radius 3 is 2.35 bits per heavy atom. The first-order valence-corrected chi connectivity index (χ1v) is 9.45. The molecule has 3 rings (SSSR count). The van der Waals surface area contributed by atoms with Crippen LogP contribution in [0.4, 0.5) is 5.69 Å². The van der Waals surface area contributed by atoms with Crippen molar-refractivity contribution in [3.8, 4) is 5.75 Å². The number of aliphatic imine (C=N–C) groups is 1. The van der Waals surface area contributed by atoms with Gasteiger partial charge in [0, 0.05) is 23.8 Å². The van der Waals surface area contributed by atoms with Crippen LogP contribution in [0.15, 0.2) is 65.7 Å². The molecular formula is C23H20N2O6. The number of carboxylic acids is 2. The molecule has 1 amide bonds. The lowest BCUT2D eigenvalue weighted by atomic mass is 10.0. The monoisotopic (exact) mass is 420 g/mol. The number of carboxylic acid groups (broad SMARTS) is 2. The number of hydrogen-bond donors (Lipinski definition) is 4. The Balaban J connectivity index is 1.73. The van der Waals surface area contributed by atoms with Gasteiger partial charge in [0.2, 0.25) is 0 Å². The van der Waals surface area contributed by atoms with E-state index in [9.17, 15) is 19.5 Å². The second kappa shape index (κ2) is 9.53. The Hall–Kier alpha value is -4.20. The van der Waals surface area contributed by atoms with Gasteiger partial charge >= 0.3 is 11.9 Å². The molecule has 0 bridgehead atoms. The lowest BCUT2D eigenvalue weighted by Gasteiger charge is -2.13.